The summed E-state index contributed by atoms with van der Waals surface area (Å²) in [6, 6.07) is 5.54. The molecule has 56 heavy (non-hydrogen) atoms. The molecule has 5 aromatic heterocycles. The van der Waals surface area contributed by atoms with E-state index in [0.29, 0.717) is 16.9 Å². The Balaban J connectivity index is 1.25. The minimum Gasteiger partial charge on any atom is -0.348 e. The Labute approximate surface area is 325 Å². The summed E-state index contributed by atoms with van der Waals surface area (Å²) in [6.45, 7) is 1.61. The zero-order valence-electron chi connectivity index (χ0n) is 33.2. The van der Waals surface area contributed by atoms with Crippen molar-refractivity contribution in [3.63, 3.8) is 0 Å². The van der Waals surface area contributed by atoms with E-state index in [1.54, 1.807) is 27.8 Å². The first-order valence-electron chi connectivity index (χ1n) is 18.5. The number of hydrogen-bond donors (Lipinski definition) is 1. The van der Waals surface area contributed by atoms with Crippen molar-refractivity contribution in [2.24, 2.45) is 14.0 Å². The number of pyridine rings is 1. The number of benzene rings is 1. The highest BCUT2D eigenvalue weighted by Crippen LogP contribution is 2.36. The summed E-state index contributed by atoms with van der Waals surface area (Å²) < 4.78 is 84.0. The summed E-state index contributed by atoms with van der Waals surface area (Å²) in [4.78, 5) is 42.8. The monoisotopic (exact) mass is 791 g/mol. The predicted molar refractivity (Wildman–Crippen MR) is 194 cm³/mol. The molecule has 6 heterocycles. The largest absolute Gasteiger partial charge is 0.435 e. The Morgan fingerprint density at radius 1 is 1.16 bits per heavy atom. The molecule has 1 atom stereocenters. The quantitative estimate of drug-likeness (QED) is 0.193. The molecule has 0 unspecified atom stereocenters. The first-order chi connectivity index (χ1) is 27.6. The molecule has 0 aliphatic carbocycles. The molecule has 7 rings (SSSR count). The third-order valence-corrected chi connectivity index (χ3v) is 9.65. The third kappa shape index (κ3) is 7.17. The molecule has 0 bridgehead atoms. The molecule has 0 saturated carbocycles. The van der Waals surface area contributed by atoms with Gasteiger partial charge in [0, 0.05) is 60.8 Å². The van der Waals surface area contributed by atoms with E-state index in [9.17, 15) is 28.0 Å². The van der Waals surface area contributed by atoms with Crippen LogP contribution in [-0.4, -0.2) is 79.1 Å². The average molecular weight is 792 g/mol. The lowest BCUT2D eigenvalue weighted by atomic mass is 9.89. The second-order valence-electron chi connectivity index (χ2n) is 14.0. The van der Waals surface area contributed by atoms with Gasteiger partial charge in [-0.15, -0.1) is 0 Å². The molecular formula is C37H33ClF4N12O2. The number of amides is 2. The lowest BCUT2D eigenvalue weighted by molar-refractivity contribution is -0.141. The lowest BCUT2D eigenvalue weighted by Crippen LogP contribution is -2.58. The van der Waals surface area contributed by atoms with E-state index in [1.165, 1.54) is 41.6 Å². The molecule has 1 aliphatic rings. The minimum atomic E-state index is -4.80. The van der Waals surface area contributed by atoms with Crippen LogP contribution in [0, 0.1) is 24.1 Å². The average Bonchev–Trinajstić information content (AvgIpc) is 3.88. The van der Waals surface area contributed by atoms with Crippen LogP contribution in [0.5, 0.6) is 0 Å². The number of halogens is 5. The summed E-state index contributed by atoms with van der Waals surface area (Å²) in [6.07, 6.45) is 0.0574. The van der Waals surface area contributed by atoms with Crippen molar-refractivity contribution in [2.45, 2.75) is 57.9 Å². The third-order valence-electron chi connectivity index (χ3n) is 9.40. The molecule has 0 fully saturated rings. The van der Waals surface area contributed by atoms with E-state index in [-0.39, 0.29) is 75.8 Å². The van der Waals surface area contributed by atoms with E-state index >= 15 is 4.39 Å². The van der Waals surface area contributed by atoms with Crippen molar-refractivity contribution in [3.8, 4) is 28.6 Å². The molecule has 1 aliphatic heterocycles. The number of nitrogens with one attached hydrogen (secondary N) is 1. The van der Waals surface area contributed by atoms with Crippen molar-refractivity contribution in [1.82, 2.24) is 54.5 Å². The topological polar surface area (TPSA) is 165 Å². The maximum Gasteiger partial charge on any atom is 0.435 e. The highest BCUT2D eigenvalue weighted by molar-refractivity contribution is 6.33. The molecule has 2 amide bonds. The highest BCUT2D eigenvalue weighted by atomic mass is 35.5. The van der Waals surface area contributed by atoms with Gasteiger partial charge in [-0.2, -0.15) is 33.7 Å². The fraction of sp³-hybridized carbons (Fsp3) is 0.324. The van der Waals surface area contributed by atoms with Gasteiger partial charge in [0.15, 0.2) is 10.8 Å². The van der Waals surface area contributed by atoms with Gasteiger partial charge in [-0.1, -0.05) is 11.6 Å². The molecule has 1 aromatic carbocycles. The van der Waals surface area contributed by atoms with Crippen LogP contribution in [0.4, 0.5) is 17.6 Å². The lowest BCUT2D eigenvalue weighted by Gasteiger charge is -2.37. The van der Waals surface area contributed by atoms with Gasteiger partial charge >= 0.3 is 6.18 Å². The number of carbonyl (C=O) groups excluding carboxylic acids is 2. The van der Waals surface area contributed by atoms with E-state index in [0.717, 1.165) is 26.4 Å². The number of fused-ring (bicyclic) bond motifs is 2. The normalized spacial score (nSPS) is 14.9. The molecule has 0 spiro atoms. The molecule has 14 nitrogen and oxygen atoms in total. The van der Waals surface area contributed by atoms with Crippen LogP contribution in [0.1, 0.15) is 56.5 Å². The molecule has 288 valence electrons. The number of aromatic nitrogens is 9. The first-order valence-corrected chi connectivity index (χ1v) is 17.4. The maximum atomic E-state index is 15.9. The van der Waals surface area contributed by atoms with E-state index < -0.39 is 48.1 Å². The summed E-state index contributed by atoms with van der Waals surface area (Å²) in [7, 11) is 1.63. The minimum absolute atomic E-state index is 0.00326. The van der Waals surface area contributed by atoms with E-state index in [4.69, 9.17) is 15.7 Å². The predicted octanol–water partition coefficient (Wildman–Crippen LogP) is 5.22. The maximum absolute atomic E-state index is 15.9. The Morgan fingerprint density at radius 2 is 1.91 bits per heavy atom. The number of rotatable bonds is 9. The van der Waals surface area contributed by atoms with Gasteiger partial charge in [0.1, 0.15) is 29.3 Å². The van der Waals surface area contributed by atoms with Gasteiger partial charge in [0.25, 0.3) is 5.91 Å². The fourth-order valence-electron chi connectivity index (χ4n) is 6.83. The van der Waals surface area contributed by atoms with Crippen molar-refractivity contribution in [2.75, 3.05) is 6.54 Å². The van der Waals surface area contributed by atoms with Gasteiger partial charge < -0.3 is 10.2 Å². The number of hydrogen-bond acceptors (Lipinski definition) is 9. The van der Waals surface area contributed by atoms with Crippen LogP contribution in [0.2, 0.25) is 5.15 Å². The molecule has 0 saturated heterocycles. The second-order valence-corrected chi connectivity index (χ2v) is 14.3. The SMILES string of the molecule is [2H]C([2H])([2H])n1cc(C[C@H](C(=O)NC(C)(C)Cn2nc(C(F)(F)F)cc2-c2cnc(C)nc2)N2CCc3c(-c4nc5c(Cl)nn(C)c5cc4C#N)ccc(F)c3C2=O)cn1. The molecular weight excluding hydrogens is 756 g/mol. The van der Waals surface area contributed by atoms with E-state index in [2.05, 4.69) is 41.6 Å². The summed E-state index contributed by atoms with van der Waals surface area (Å²) in [5, 5.41) is 24.8. The number of nitrogens with zero attached hydrogens (tertiary/aromatic N) is 11. The van der Waals surface area contributed by atoms with Crippen LogP contribution in [0.15, 0.2) is 49.1 Å². The molecule has 1 N–H and O–H groups in total. The Bertz CT molecular complexity index is 2680. The van der Waals surface area contributed by atoms with Gasteiger partial charge in [0.2, 0.25) is 5.91 Å². The number of carbonyl (C=O) groups is 2. The molecule has 6 aromatic rings. The van der Waals surface area contributed by atoms with Gasteiger partial charge in [-0.05, 0) is 62.6 Å². The van der Waals surface area contributed by atoms with Gasteiger partial charge in [0.05, 0.1) is 46.3 Å². The molecule has 0 radical (unpaired) electrons. The Morgan fingerprint density at radius 3 is 2.59 bits per heavy atom. The summed E-state index contributed by atoms with van der Waals surface area (Å²) in [5.41, 5.74) is -0.829. The zero-order chi connectivity index (χ0) is 42.8. The van der Waals surface area contributed by atoms with Gasteiger partial charge in [-0.25, -0.2) is 19.3 Å². The Kier molecular flexibility index (Phi) is 8.65. The Hall–Kier alpha value is -6.22. The fourth-order valence-corrected chi connectivity index (χ4v) is 7.08. The van der Waals surface area contributed by atoms with Crippen LogP contribution < -0.4 is 5.32 Å². The van der Waals surface area contributed by atoms with Crippen LogP contribution in [0.25, 0.3) is 33.5 Å². The van der Waals surface area contributed by atoms with E-state index in [1.807, 2.05) is 0 Å². The second kappa shape index (κ2) is 14.1. The van der Waals surface area contributed by atoms with Crippen molar-refractivity contribution < 1.29 is 31.3 Å². The van der Waals surface area contributed by atoms with Crippen molar-refractivity contribution in [3.05, 3.63) is 93.8 Å². The van der Waals surface area contributed by atoms with Crippen molar-refractivity contribution >= 4 is 34.4 Å². The highest BCUT2D eigenvalue weighted by Gasteiger charge is 2.40. The summed E-state index contributed by atoms with van der Waals surface area (Å²) in [5.74, 6) is -2.17. The van der Waals surface area contributed by atoms with Gasteiger partial charge in [-0.3, -0.25) is 23.6 Å². The van der Waals surface area contributed by atoms with Crippen LogP contribution in [0.3, 0.4) is 0 Å². The first kappa shape index (κ1) is 34.3. The number of aryl methyl sites for hydroxylation is 3. The number of nitriles is 1. The number of alkyl halides is 3. The standard InChI is InChI=1S/C37H33ClF4N12O2/c1-19-44-15-22(16-45-19)26-12-29(37(40,41)42)49-54(26)18-36(2,3)48-34(55)28(10-20-14-46-51(4)17-20)53-9-8-23-24(6-7-25(39)30(23)35(53)56)31-21(13-43)11-27-32(47-31)33(38)50-52(27)5/h6-7,11-12,14-17,28H,8-10,18H2,1-5H3,(H,48,55)/t28-/m1/s1/i4D3. The molecule has 19 heteroatoms. The van der Waals surface area contributed by atoms with Crippen molar-refractivity contribution in [1.29, 1.82) is 5.26 Å². The van der Waals surface area contributed by atoms with Crippen LogP contribution in [-0.2, 0) is 44.4 Å². The smallest absolute Gasteiger partial charge is 0.348 e. The summed E-state index contributed by atoms with van der Waals surface area (Å²) >= 11 is 6.32. The van der Waals surface area contributed by atoms with Crippen LogP contribution >= 0.6 is 11.6 Å². The zero-order valence-corrected chi connectivity index (χ0v) is 30.9.